The molecule has 0 unspecified atom stereocenters. The van der Waals surface area contributed by atoms with Crippen molar-refractivity contribution in [3.8, 4) is 0 Å². The Kier molecular flexibility index (Phi) is 5.56. The summed E-state index contributed by atoms with van der Waals surface area (Å²) in [6.07, 6.45) is -3.89. The van der Waals surface area contributed by atoms with Crippen molar-refractivity contribution in [1.29, 1.82) is 0 Å². The Hall–Kier alpha value is -1.99. The van der Waals surface area contributed by atoms with Crippen molar-refractivity contribution in [2.75, 3.05) is 17.2 Å². The summed E-state index contributed by atoms with van der Waals surface area (Å²) in [7, 11) is 0. The van der Waals surface area contributed by atoms with Crippen LogP contribution in [0.2, 0.25) is 10.0 Å². The van der Waals surface area contributed by atoms with Gasteiger partial charge in [0.2, 0.25) is 5.91 Å². The molecule has 4 nitrogen and oxygen atoms in total. The van der Waals surface area contributed by atoms with Gasteiger partial charge in [0.15, 0.2) is 0 Å². The smallest absolute Gasteiger partial charge is 0.360 e. The summed E-state index contributed by atoms with van der Waals surface area (Å²) in [5.74, 6) is -0.430. The molecule has 0 saturated heterocycles. The van der Waals surface area contributed by atoms with E-state index in [1.807, 2.05) is 0 Å². The highest BCUT2D eigenvalue weighted by Crippen LogP contribution is 2.32. The summed E-state index contributed by atoms with van der Waals surface area (Å²) >= 11 is 11.7. The van der Waals surface area contributed by atoms with E-state index in [9.17, 15) is 18.0 Å². The molecule has 1 aromatic heterocycles. The summed E-state index contributed by atoms with van der Waals surface area (Å²) in [6, 6.07) is 5.81. The summed E-state index contributed by atoms with van der Waals surface area (Å²) in [5.41, 5.74) is 0.288. The molecule has 0 aliphatic rings. The van der Waals surface area contributed by atoms with Crippen LogP contribution in [0, 0.1) is 6.92 Å². The molecule has 1 heterocycles. The molecule has 2 N–H and O–H groups in total. The van der Waals surface area contributed by atoms with Crippen LogP contribution in [0.15, 0.2) is 30.5 Å². The molecule has 9 heteroatoms. The number of anilines is 2. The molecule has 128 valence electrons. The van der Waals surface area contributed by atoms with Crippen LogP contribution in [0.5, 0.6) is 0 Å². The second-order valence-electron chi connectivity index (χ2n) is 4.87. The van der Waals surface area contributed by atoms with Gasteiger partial charge in [-0.3, -0.25) is 4.79 Å². The lowest BCUT2D eigenvalue weighted by Gasteiger charge is -2.12. The zero-order valence-electron chi connectivity index (χ0n) is 12.3. The van der Waals surface area contributed by atoms with Crippen LogP contribution in [-0.4, -0.2) is 17.4 Å². The fourth-order valence-electron chi connectivity index (χ4n) is 1.82. The predicted octanol–water partition coefficient (Wildman–Crippen LogP) is 4.77. The summed E-state index contributed by atoms with van der Waals surface area (Å²) in [5, 5.41) is 5.51. The summed E-state index contributed by atoms with van der Waals surface area (Å²) in [4.78, 5) is 15.5. The Morgan fingerprint density at radius 3 is 2.58 bits per heavy atom. The predicted molar refractivity (Wildman–Crippen MR) is 87.6 cm³/mol. The van der Waals surface area contributed by atoms with Gasteiger partial charge in [0.05, 0.1) is 17.1 Å². The van der Waals surface area contributed by atoms with Gasteiger partial charge in [-0.1, -0.05) is 29.3 Å². The number of nitrogens with one attached hydrogen (secondary N) is 2. The number of rotatable bonds is 4. The highest BCUT2D eigenvalue weighted by molar-refractivity contribution is 6.33. The second-order valence-corrected chi connectivity index (χ2v) is 5.68. The Morgan fingerprint density at radius 2 is 1.96 bits per heavy atom. The van der Waals surface area contributed by atoms with Gasteiger partial charge < -0.3 is 10.6 Å². The first-order valence-corrected chi connectivity index (χ1v) is 7.45. The molecule has 0 bridgehead atoms. The number of hydrogen-bond acceptors (Lipinski definition) is 3. The van der Waals surface area contributed by atoms with Crippen molar-refractivity contribution < 1.29 is 18.0 Å². The first-order chi connectivity index (χ1) is 11.2. The number of carbonyl (C=O) groups is 1. The molecule has 24 heavy (non-hydrogen) atoms. The van der Waals surface area contributed by atoms with E-state index < -0.39 is 17.6 Å². The molecule has 0 aliphatic carbocycles. The van der Waals surface area contributed by atoms with Crippen molar-refractivity contribution in [2.45, 2.75) is 13.1 Å². The maximum Gasteiger partial charge on any atom is 0.417 e. The molecule has 0 aliphatic heterocycles. The minimum atomic E-state index is -4.53. The van der Waals surface area contributed by atoms with Gasteiger partial charge in [-0.05, 0) is 30.7 Å². The second kappa shape index (κ2) is 7.27. The van der Waals surface area contributed by atoms with Gasteiger partial charge in [-0.25, -0.2) is 4.98 Å². The standard InChI is InChI=1S/C15H12Cl2F3N3O/c1-8-10(16)3-2-4-12(8)23-13(24)7-22-14-11(17)5-9(6-21-14)15(18,19)20/h2-6H,7H2,1H3,(H,21,22)(H,23,24). The van der Waals surface area contributed by atoms with E-state index in [1.165, 1.54) is 0 Å². The van der Waals surface area contributed by atoms with E-state index in [-0.39, 0.29) is 17.4 Å². The Labute approximate surface area is 146 Å². The highest BCUT2D eigenvalue weighted by Gasteiger charge is 2.31. The molecule has 2 rings (SSSR count). The van der Waals surface area contributed by atoms with E-state index in [0.29, 0.717) is 22.5 Å². The number of hydrogen-bond donors (Lipinski definition) is 2. The van der Waals surface area contributed by atoms with Crippen LogP contribution in [0.1, 0.15) is 11.1 Å². The van der Waals surface area contributed by atoms with E-state index >= 15 is 0 Å². The number of amides is 1. The normalized spacial score (nSPS) is 11.2. The quantitative estimate of drug-likeness (QED) is 0.806. The monoisotopic (exact) mass is 377 g/mol. The number of nitrogens with zero attached hydrogens (tertiary/aromatic N) is 1. The van der Waals surface area contributed by atoms with Crippen LogP contribution in [-0.2, 0) is 11.0 Å². The number of alkyl halides is 3. The molecule has 0 spiro atoms. The van der Waals surface area contributed by atoms with E-state index in [0.717, 1.165) is 6.07 Å². The zero-order valence-corrected chi connectivity index (χ0v) is 13.9. The molecule has 0 fully saturated rings. The minimum absolute atomic E-state index is 0.0115. The third-order valence-corrected chi connectivity index (χ3v) is 3.82. The van der Waals surface area contributed by atoms with E-state index in [2.05, 4.69) is 15.6 Å². The topological polar surface area (TPSA) is 54.0 Å². The first kappa shape index (κ1) is 18.4. The number of carbonyl (C=O) groups excluding carboxylic acids is 1. The van der Waals surface area contributed by atoms with Crippen molar-refractivity contribution in [3.63, 3.8) is 0 Å². The third-order valence-electron chi connectivity index (χ3n) is 3.13. The van der Waals surface area contributed by atoms with Gasteiger partial charge in [-0.15, -0.1) is 0 Å². The lowest BCUT2D eigenvalue weighted by molar-refractivity contribution is -0.137. The molecule has 0 atom stereocenters. The molecular formula is C15H12Cl2F3N3O. The number of benzene rings is 1. The average Bonchev–Trinajstić information content (AvgIpc) is 2.49. The third kappa shape index (κ3) is 4.52. The Balaban J connectivity index is 2.00. The largest absolute Gasteiger partial charge is 0.417 e. The molecule has 0 radical (unpaired) electrons. The number of aromatic nitrogens is 1. The van der Waals surface area contributed by atoms with E-state index in [1.54, 1.807) is 25.1 Å². The Morgan fingerprint density at radius 1 is 1.25 bits per heavy atom. The van der Waals surface area contributed by atoms with Crippen LogP contribution in [0.25, 0.3) is 0 Å². The summed E-state index contributed by atoms with van der Waals surface area (Å²) in [6.45, 7) is 1.53. The first-order valence-electron chi connectivity index (χ1n) is 6.70. The van der Waals surface area contributed by atoms with E-state index in [4.69, 9.17) is 23.2 Å². The van der Waals surface area contributed by atoms with Gasteiger partial charge in [0.25, 0.3) is 0 Å². The fraction of sp³-hybridized carbons (Fsp3) is 0.200. The Bertz CT molecular complexity index is 766. The van der Waals surface area contributed by atoms with Crippen LogP contribution >= 0.6 is 23.2 Å². The van der Waals surface area contributed by atoms with Crippen LogP contribution in [0.4, 0.5) is 24.7 Å². The maximum absolute atomic E-state index is 12.5. The summed E-state index contributed by atoms with van der Waals surface area (Å²) < 4.78 is 37.6. The van der Waals surface area contributed by atoms with Crippen molar-refractivity contribution in [2.24, 2.45) is 0 Å². The number of halogens is 5. The molecule has 1 amide bonds. The van der Waals surface area contributed by atoms with Crippen LogP contribution < -0.4 is 10.6 Å². The molecule has 2 aromatic rings. The number of pyridine rings is 1. The van der Waals surface area contributed by atoms with Crippen molar-refractivity contribution in [3.05, 3.63) is 51.6 Å². The molecular weight excluding hydrogens is 366 g/mol. The average molecular weight is 378 g/mol. The maximum atomic E-state index is 12.5. The lowest BCUT2D eigenvalue weighted by atomic mass is 10.2. The molecule has 0 saturated carbocycles. The van der Waals surface area contributed by atoms with Gasteiger partial charge in [0.1, 0.15) is 5.82 Å². The van der Waals surface area contributed by atoms with Crippen molar-refractivity contribution >= 4 is 40.6 Å². The van der Waals surface area contributed by atoms with Gasteiger partial charge >= 0.3 is 6.18 Å². The highest BCUT2D eigenvalue weighted by atomic mass is 35.5. The fourth-order valence-corrected chi connectivity index (χ4v) is 2.23. The minimum Gasteiger partial charge on any atom is -0.360 e. The lowest BCUT2D eigenvalue weighted by Crippen LogP contribution is -2.23. The molecule has 1 aromatic carbocycles. The zero-order chi connectivity index (χ0) is 17.9. The SMILES string of the molecule is Cc1c(Cl)cccc1NC(=O)CNc1ncc(C(F)(F)F)cc1Cl. The van der Waals surface area contributed by atoms with Crippen LogP contribution in [0.3, 0.4) is 0 Å². The van der Waals surface area contributed by atoms with Gasteiger partial charge in [0, 0.05) is 16.9 Å². The van der Waals surface area contributed by atoms with Crippen molar-refractivity contribution in [1.82, 2.24) is 4.98 Å². The van der Waals surface area contributed by atoms with Gasteiger partial charge in [-0.2, -0.15) is 13.2 Å².